The Kier molecular flexibility index (Phi) is 4.56. The van der Waals surface area contributed by atoms with Gasteiger partial charge in [-0.25, -0.2) is 4.79 Å². The van der Waals surface area contributed by atoms with Crippen molar-refractivity contribution in [2.45, 2.75) is 13.8 Å². The molecule has 2 aliphatic rings. The van der Waals surface area contributed by atoms with Crippen LogP contribution in [0, 0.1) is 12.3 Å². The largest absolute Gasteiger partial charge is 0.423 e. The molecule has 0 saturated heterocycles. The molecule has 0 aliphatic carbocycles. The monoisotopic (exact) mass is 387 g/mol. The number of hydrogen-bond acceptors (Lipinski definition) is 5. The lowest BCUT2D eigenvalue weighted by Crippen LogP contribution is -2.38. The molecule has 7 heteroatoms. The molecule has 2 aliphatic heterocycles. The minimum Gasteiger partial charge on any atom is -0.423 e. The van der Waals surface area contributed by atoms with Gasteiger partial charge in [0.1, 0.15) is 11.5 Å². The molecule has 29 heavy (non-hydrogen) atoms. The molecule has 0 fully saturated rings. The van der Waals surface area contributed by atoms with Crippen LogP contribution >= 0.6 is 0 Å². The summed E-state index contributed by atoms with van der Waals surface area (Å²) in [6, 6.07) is 13.8. The fourth-order valence-corrected chi connectivity index (χ4v) is 2.94. The van der Waals surface area contributed by atoms with Crippen LogP contribution in [0.5, 0.6) is 5.75 Å². The van der Waals surface area contributed by atoms with Crippen LogP contribution in [0.2, 0.25) is 0 Å². The van der Waals surface area contributed by atoms with Crippen LogP contribution in [0.4, 0.5) is 0 Å². The summed E-state index contributed by atoms with van der Waals surface area (Å²) < 4.78 is 5.39. The Morgan fingerprint density at radius 2 is 1.93 bits per heavy atom. The first-order valence-corrected chi connectivity index (χ1v) is 8.90. The fraction of sp³-hybridized carbons (Fsp3) is 0.0909. The maximum absolute atomic E-state index is 12.3. The maximum Gasteiger partial charge on any atom is 0.343 e. The van der Waals surface area contributed by atoms with Crippen molar-refractivity contribution in [3.05, 3.63) is 82.6 Å². The SMILES string of the molecule is CC1=CC2=NC(=O)/C(=C\c3ccc(OC(=O)c4cccc(C)c4)cc3)C(=N)N2O1. The van der Waals surface area contributed by atoms with E-state index in [0.717, 1.165) is 5.56 Å². The molecule has 0 spiro atoms. The summed E-state index contributed by atoms with van der Waals surface area (Å²) in [7, 11) is 0. The van der Waals surface area contributed by atoms with Crippen LogP contribution in [-0.4, -0.2) is 28.6 Å². The molecule has 4 rings (SSSR count). The number of nitrogens with one attached hydrogen (secondary N) is 1. The number of amides is 1. The Hall–Kier alpha value is -4.00. The molecule has 0 aromatic heterocycles. The van der Waals surface area contributed by atoms with Crippen molar-refractivity contribution in [2.75, 3.05) is 0 Å². The minimum atomic E-state index is -0.509. The lowest BCUT2D eigenvalue weighted by Gasteiger charge is -2.22. The summed E-state index contributed by atoms with van der Waals surface area (Å²) in [6.07, 6.45) is 3.15. The van der Waals surface area contributed by atoms with Crippen molar-refractivity contribution in [1.82, 2.24) is 5.06 Å². The van der Waals surface area contributed by atoms with Gasteiger partial charge in [0.2, 0.25) is 0 Å². The number of carbonyl (C=O) groups is 2. The summed E-state index contributed by atoms with van der Waals surface area (Å²) in [5.74, 6) is 0.205. The molecule has 2 heterocycles. The van der Waals surface area contributed by atoms with Crippen molar-refractivity contribution < 1.29 is 19.2 Å². The number of hydroxylamine groups is 2. The van der Waals surface area contributed by atoms with Crippen molar-refractivity contribution in [2.24, 2.45) is 4.99 Å². The molecule has 0 atom stereocenters. The summed E-state index contributed by atoms with van der Waals surface area (Å²) in [5.41, 5.74) is 2.22. The molecular formula is C22H17N3O4. The molecule has 2 aromatic carbocycles. The van der Waals surface area contributed by atoms with E-state index in [2.05, 4.69) is 4.99 Å². The van der Waals surface area contributed by atoms with E-state index in [0.29, 0.717) is 28.5 Å². The van der Waals surface area contributed by atoms with Gasteiger partial charge in [-0.3, -0.25) is 10.2 Å². The van der Waals surface area contributed by atoms with E-state index in [1.165, 1.54) is 5.06 Å². The van der Waals surface area contributed by atoms with Gasteiger partial charge >= 0.3 is 5.97 Å². The van der Waals surface area contributed by atoms with Crippen LogP contribution in [0.1, 0.15) is 28.4 Å². The molecular weight excluding hydrogens is 370 g/mol. The molecule has 7 nitrogen and oxygen atoms in total. The zero-order valence-electron chi connectivity index (χ0n) is 15.8. The normalized spacial score (nSPS) is 16.9. The number of fused-ring (bicyclic) bond motifs is 1. The van der Waals surface area contributed by atoms with Gasteiger partial charge < -0.3 is 9.57 Å². The maximum atomic E-state index is 12.3. The van der Waals surface area contributed by atoms with Crippen molar-refractivity contribution >= 4 is 29.6 Å². The number of nitrogens with zero attached hydrogens (tertiary/aromatic N) is 2. The average Bonchev–Trinajstić information content (AvgIpc) is 3.06. The number of aryl methyl sites for hydroxylation is 1. The lowest BCUT2D eigenvalue weighted by molar-refractivity contribution is -0.114. The number of carbonyl (C=O) groups excluding carboxylic acids is 2. The number of amidine groups is 2. The summed E-state index contributed by atoms with van der Waals surface area (Å²) in [5, 5.41) is 9.43. The van der Waals surface area contributed by atoms with Crippen LogP contribution in [-0.2, 0) is 9.63 Å². The topological polar surface area (TPSA) is 92.0 Å². The number of benzene rings is 2. The third kappa shape index (κ3) is 3.70. The number of allylic oxidation sites excluding steroid dienone is 1. The second kappa shape index (κ2) is 7.20. The Labute approximate surface area is 167 Å². The summed E-state index contributed by atoms with van der Waals surface area (Å²) >= 11 is 0. The quantitative estimate of drug-likeness (QED) is 0.493. The highest BCUT2D eigenvalue weighted by atomic mass is 16.7. The standard InChI is InChI=1S/C22H17N3O4/c1-13-4-3-5-16(10-13)22(27)28-17-8-6-15(7-9-17)12-18-20(23)25-19(24-21(18)26)11-14(2)29-25/h3-12,23H,1-2H3/b18-12-,23-20?. The molecule has 0 radical (unpaired) electrons. The van der Waals surface area contributed by atoms with Crippen molar-refractivity contribution in [3.8, 4) is 5.75 Å². The highest BCUT2D eigenvalue weighted by Crippen LogP contribution is 2.24. The van der Waals surface area contributed by atoms with Gasteiger partial charge in [-0.15, -0.1) is 5.06 Å². The van der Waals surface area contributed by atoms with Crippen LogP contribution in [0.25, 0.3) is 6.08 Å². The minimum absolute atomic E-state index is 0.0805. The highest BCUT2D eigenvalue weighted by molar-refractivity contribution is 6.32. The zero-order valence-corrected chi connectivity index (χ0v) is 15.8. The van der Waals surface area contributed by atoms with Gasteiger partial charge in [-0.2, -0.15) is 4.99 Å². The molecule has 2 aromatic rings. The van der Waals surface area contributed by atoms with E-state index >= 15 is 0 Å². The third-order valence-electron chi connectivity index (χ3n) is 4.34. The first-order valence-electron chi connectivity index (χ1n) is 8.90. The van der Waals surface area contributed by atoms with Crippen LogP contribution < -0.4 is 4.74 Å². The van der Waals surface area contributed by atoms with Crippen LogP contribution in [0.3, 0.4) is 0 Å². The number of esters is 1. The zero-order chi connectivity index (χ0) is 20.5. The first kappa shape index (κ1) is 18.4. The Morgan fingerprint density at radius 3 is 2.66 bits per heavy atom. The smallest absolute Gasteiger partial charge is 0.343 e. The molecule has 1 N–H and O–H groups in total. The van der Waals surface area contributed by atoms with E-state index in [1.807, 2.05) is 13.0 Å². The van der Waals surface area contributed by atoms with E-state index in [1.54, 1.807) is 61.5 Å². The van der Waals surface area contributed by atoms with Crippen LogP contribution in [0.15, 0.2) is 70.9 Å². The Balaban J connectivity index is 1.51. The second-order valence-electron chi connectivity index (χ2n) is 6.65. The number of aliphatic imine (C=N–C) groups is 1. The van der Waals surface area contributed by atoms with E-state index < -0.39 is 11.9 Å². The summed E-state index contributed by atoms with van der Waals surface area (Å²) in [4.78, 5) is 33.9. The van der Waals surface area contributed by atoms with E-state index in [4.69, 9.17) is 15.0 Å². The summed E-state index contributed by atoms with van der Waals surface area (Å²) in [6.45, 7) is 3.62. The predicted molar refractivity (Wildman–Crippen MR) is 107 cm³/mol. The number of ether oxygens (including phenoxy) is 1. The van der Waals surface area contributed by atoms with Gasteiger partial charge in [-0.1, -0.05) is 29.8 Å². The molecule has 1 amide bonds. The van der Waals surface area contributed by atoms with Gasteiger partial charge in [0.15, 0.2) is 11.7 Å². The fourth-order valence-electron chi connectivity index (χ4n) is 2.94. The Morgan fingerprint density at radius 1 is 1.17 bits per heavy atom. The molecule has 144 valence electrons. The Bertz CT molecular complexity index is 1130. The molecule has 0 saturated carbocycles. The van der Waals surface area contributed by atoms with Gasteiger partial charge in [0, 0.05) is 6.08 Å². The van der Waals surface area contributed by atoms with Gasteiger partial charge in [-0.05, 0) is 49.8 Å². The van der Waals surface area contributed by atoms with E-state index in [9.17, 15) is 9.59 Å². The second-order valence-corrected chi connectivity index (χ2v) is 6.65. The number of rotatable bonds is 3. The third-order valence-corrected chi connectivity index (χ3v) is 4.34. The number of hydrogen-bond donors (Lipinski definition) is 1. The lowest BCUT2D eigenvalue weighted by atomic mass is 10.1. The molecule has 0 bridgehead atoms. The van der Waals surface area contributed by atoms with Gasteiger partial charge in [0.05, 0.1) is 11.1 Å². The highest BCUT2D eigenvalue weighted by Gasteiger charge is 2.34. The van der Waals surface area contributed by atoms with E-state index in [-0.39, 0.29) is 11.4 Å². The predicted octanol–water partition coefficient (Wildman–Crippen LogP) is 3.66. The van der Waals surface area contributed by atoms with Crippen molar-refractivity contribution in [1.29, 1.82) is 5.41 Å². The molecule has 0 unspecified atom stereocenters. The first-order chi connectivity index (χ1) is 13.9. The van der Waals surface area contributed by atoms with Crippen molar-refractivity contribution in [3.63, 3.8) is 0 Å². The van der Waals surface area contributed by atoms with Gasteiger partial charge in [0.25, 0.3) is 5.91 Å². The average molecular weight is 387 g/mol.